The van der Waals surface area contributed by atoms with Gasteiger partial charge in [-0.1, -0.05) is 35.3 Å². The highest BCUT2D eigenvalue weighted by Crippen LogP contribution is 2.26. The lowest BCUT2D eigenvalue weighted by Gasteiger charge is -2.12. The van der Waals surface area contributed by atoms with Gasteiger partial charge >= 0.3 is 0 Å². The third-order valence-corrected chi connectivity index (χ3v) is 3.98. The lowest BCUT2D eigenvalue weighted by atomic mass is 10.2. The Bertz CT molecular complexity index is 768. The summed E-state index contributed by atoms with van der Waals surface area (Å²) in [5.41, 5.74) is 1.23. The average Bonchev–Trinajstić information content (AvgIpc) is 2.54. The first-order valence-corrected chi connectivity index (χ1v) is 7.95. The number of nitrogens with zero attached hydrogens (tertiary/aromatic N) is 1. The van der Waals surface area contributed by atoms with E-state index < -0.39 is 4.92 Å². The van der Waals surface area contributed by atoms with E-state index in [1.54, 1.807) is 13.0 Å². The van der Waals surface area contributed by atoms with E-state index in [0.717, 1.165) is 5.56 Å². The molecule has 1 amide bonds. The average molecular weight is 369 g/mol. The van der Waals surface area contributed by atoms with Gasteiger partial charge in [-0.3, -0.25) is 14.9 Å². The molecule has 0 aromatic heterocycles. The maximum absolute atomic E-state index is 12.2. The topological polar surface area (TPSA) is 88.8 Å². The maximum Gasteiger partial charge on any atom is 0.282 e. The molecule has 0 radical (unpaired) electrons. The first kappa shape index (κ1) is 18.2. The molecule has 0 aliphatic carbocycles. The number of nitrogens with two attached hydrogens (primary N) is 1. The summed E-state index contributed by atoms with van der Waals surface area (Å²) in [6.45, 7) is 2.36. The normalized spacial score (nSPS) is 11.8. The summed E-state index contributed by atoms with van der Waals surface area (Å²) in [5, 5.41) is 16.0. The quantitative estimate of drug-likeness (QED) is 0.606. The van der Waals surface area contributed by atoms with Crippen LogP contribution in [0.2, 0.25) is 10.0 Å². The number of carbonyl (C=O) groups excluding carboxylic acids is 1. The van der Waals surface area contributed by atoms with Crippen LogP contribution >= 0.6 is 23.2 Å². The first-order chi connectivity index (χ1) is 11.4. The van der Waals surface area contributed by atoms with Crippen LogP contribution in [0.1, 0.15) is 12.5 Å². The van der Waals surface area contributed by atoms with Crippen molar-refractivity contribution < 1.29 is 15.0 Å². The van der Waals surface area contributed by atoms with Crippen LogP contribution < -0.4 is 10.6 Å². The zero-order chi connectivity index (χ0) is 17.7. The molecule has 2 aromatic carbocycles. The van der Waals surface area contributed by atoms with Crippen molar-refractivity contribution in [2.75, 3.05) is 5.32 Å². The molecular weight excluding hydrogens is 353 g/mol. The SMILES string of the molecule is C[C@H]([NH2+]Cc1cccc(Cl)c1)C(=O)Nc1ccc([N+](=O)[O-])cc1Cl. The van der Waals surface area contributed by atoms with E-state index in [2.05, 4.69) is 5.32 Å². The van der Waals surface area contributed by atoms with Crippen LogP contribution in [0.15, 0.2) is 42.5 Å². The summed E-state index contributed by atoms with van der Waals surface area (Å²) in [6.07, 6.45) is 0. The van der Waals surface area contributed by atoms with E-state index in [-0.39, 0.29) is 22.7 Å². The van der Waals surface area contributed by atoms with Gasteiger partial charge in [0.05, 0.1) is 15.6 Å². The van der Waals surface area contributed by atoms with E-state index in [9.17, 15) is 14.9 Å². The van der Waals surface area contributed by atoms with Gasteiger partial charge in [0.15, 0.2) is 6.04 Å². The third kappa shape index (κ3) is 4.92. The second kappa shape index (κ2) is 8.10. The van der Waals surface area contributed by atoms with Crippen LogP contribution in [-0.4, -0.2) is 16.9 Å². The second-order valence-corrected chi connectivity index (χ2v) is 6.11. The lowest BCUT2D eigenvalue weighted by molar-refractivity contribution is -0.688. The fourth-order valence-electron chi connectivity index (χ4n) is 2.05. The Balaban J connectivity index is 1.95. The molecule has 0 heterocycles. The molecule has 0 saturated heterocycles. The second-order valence-electron chi connectivity index (χ2n) is 5.27. The van der Waals surface area contributed by atoms with Gasteiger partial charge in [-0.2, -0.15) is 0 Å². The van der Waals surface area contributed by atoms with Crippen molar-refractivity contribution in [2.24, 2.45) is 0 Å². The highest BCUT2D eigenvalue weighted by atomic mass is 35.5. The first-order valence-electron chi connectivity index (χ1n) is 7.19. The number of halogens is 2. The standard InChI is InChI=1S/C16H15Cl2N3O3/c1-10(19-9-11-3-2-4-12(17)7-11)16(22)20-15-6-5-13(21(23)24)8-14(15)18/h2-8,10,19H,9H2,1H3,(H,20,22)/p+1/t10-/m0/s1. The van der Waals surface area contributed by atoms with Gasteiger partial charge in [-0.15, -0.1) is 0 Å². The number of rotatable bonds is 6. The highest BCUT2D eigenvalue weighted by Gasteiger charge is 2.18. The number of nitro benzene ring substituents is 1. The number of non-ortho nitro benzene ring substituents is 1. The molecule has 0 unspecified atom stereocenters. The molecule has 0 saturated carbocycles. The third-order valence-electron chi connectivity index (χ3n) is 3.43. The number of nitro groups is 1. The van der Waals surface area contributed by atoms with Crippen LogP contribution in [0.3, 0.4) is 0 Å². The number of benzene rings is 2. The predicted octanol–water partition coefficient (Wildman–Crippen LogP) is 2.99. The van der Waals surface area contributed by atoms with E-state index in [4.69, 9.17) is 23.2 Å². The molecular formula is C16H16Cl2N3O3+. The number of hydrogen-bond acceptors (Lipinski definition) is 3. The van der Waals surface area contributed by atoms with Crippen molar-refractivity contribution in [1.82, 2.24) is 0 Å². The fraction of sp³-hybridized carbons (Fsp3) is 0.188. The van der Waals surface area contributed by atoms with E-state index >= 15 is 0 Å². The summed E-state index contributed by atoms with van der Waals surface area (Å²) in [7, 11) is 0. The molecule has 2 aromatic rings. The van der Waals surface area contributed by atoms with Crippen LogP contribution in [0.25, 0.3) is 0 Å². The van der Waals surface area contributed by atoms with Gasteiger partial charge in [-0.05, 0) is 25.1 Å². The van der Waals surface area contributed by atoms with Crippen LogP contribution in [0.4, 0.5) is 11.4 Å². The molecule has 0 spiro atoms. The van der Waals surface area contributed by atoms with Crippen LogP contribution in [-0.2, 0) is 11.3 Å². The van der Waals surface area contributed by atoms with Gasteiger partial charge < -0.3 is 10.6 Å². The molecule has 126 valence electrons. The number of carbonyl (C=O) groups is 1. The van der Waals surface area contributed by atoms with Gasteiger partial charge in [-0.25, -0.2) is 0 Å². The summed E-state index contributed by atoms with van der Waals surface area (Å²) < 4.78 is 0. The van der Waals surface area contributed by atoms with Gasteiger partial charge in [0, 0.05) is 22.7 Å². The Morgan fingerprint density at radius 3 is 2.67 bits per heavy atom. The number of quaternary nitrogens is 1. The minimum Gasteiger partial charge on any atom is -0.333 e. The van der Waals surface area contributed by atoms with E-state index in [1.165, 1.54) is 18.2 Å². The van der Waals surface area contributed by atoms with E-state index in [0.29, 0.717) is 17.3 Å². The summed E-state index contributed by atoms with van der Waals surface area (Å²) >= 11 is 11.9. The minimum atomic E-state index is -0.543. The highest BCUT2D eigenvalue weighted by molar-refractivity contribution is 6.34. The lowest BCUT2D eigenvalue weighted by Crippen LogP contribution is -2.90. The van der Waals surface area contributed by atoms with E-state index in [1.807, 2.05) is 23.5 Å². The molecule has 0 fully saturated rings. The molecule has 8 heteroatoms. The van der Waals surface area contributed by atoms with Crippen LogP contribution in [0, 0.1) is 10.1 Å². The largest absolute Gasteiger partial charge is 0.333 e. The Labute approximate surface area is 148 Å². The summed E-state index contributed by atoms with van der Waals surface area (Å²) in [5.74, 6) is -0.243. The Morgan fingerprint density at radius 1 is 1.29 bits per heavy atom. The van der Waals surface area contributed by atoms with Gasteiger partial charge in [0.25, 0.3) is 11.6 Å². The van der Waals surface area contributed by atoms with Crippen molar-refractivity contribution in [3.8, 4) is 0 Å². The summed E-state index contributed by atoms with van der Waals surface area (Å²) in [6, 6.07) is 11.0. The number of amides is 1. The molecule has 1 atom stereocenters. The molecule has 0 bridgehead atoms. The Hall–Kier alpha value is -2.15. The molecule has 3 N–H and O–H groups in total. The summed E-state index contributed by atoms with van der Waals surface area (Å²) in [4.78, 5) is 22.4. The Kier molecular flexibility index (Phi) is 6.14. The predicted molar refractivity (Wildman–Crippen MR) is 93.3 cm³/mol. The van der Waals surface area contributed by atoms with Crippen molar-refractivity contribution in [1.29, 1.82) is 0 Å². The molecule has 24 heavy (non-hydrogen) atoms. The van der Waals surface area contributed by atoms with Crippen molar-refractivity contribution >= 4 is 40.5 Å². The number of hydrogen-bond donors (Lipinski definition) is 2. The smallest absolute Gasteiger partial charge is 0.282 e. The fourth-order valence-corrected chi connectivity index (χ4v) is 2.48. The van der Waals surface area contributed by atoms with Crippen LogP contribution in [0.5, 0.6) is 0 Å². The van der Waals surface area contributed by atoms with Gasteiger partial charge in [0.1, 0.15) is 6.54 Å². The van der Waals surface area contributed by atoms with Crippen molar-refractivity contribution in [3.05, 3.63) is 68.2 Å². The van der Waals surface area contributed by atoms with Crippen molar-refractivity contribution in [2.45, 2.75) is 19.5 Å². The molecule has 6 nitrogen and oxygen atoms in total. The zero-order valence-corrected chi connectivity index (χ0v) is 14.3. The monoisotopic (exact) mass is 368 g/mol. The molecule has 0 aliphatic rings. The minimum absolute atomic E-state index is 0.125. The number of nitrogens with one attached hydrogen (secondary N) is 1. The maximum atomic E-state index is 12.2. The van der Waals surface area contributed by atoms with Crippen molar-refractivity contribution in [3.63, 3.8) is 0 Å². The number of anilines is 1. The Morgan fingerprint density at radius 2 is 2.04 bits per heavy atom. The van der Waals surface area contributed by atoms with Gasteiger partial charge in [0.2, 0.25) is 0 Å². The molecule has 0 aliphatic heterocycles. The zero-order valence-electron chi connectivity index (χ0n) is 12.8. The molecule has 2 rings (SSSR count).